The predicted octanol–water partition coefficient (Wildman–Crippen LogP) is 4.51. The van der Waals surface area contributed by atoms with Gasteiger partial charge in [-0.15, -0.1) is 5.10 Å². The third-order valence-electron chi connectivity index (χ3n) is 4.77. The Labute approximate surface area is 186 Å². The Kier molecular flexibility index (Phi) is 5.97. The second-order valence-corrected chi connectivity index (χ2v) is 9.82. The summed E-state index contributed by atoms with van der Waals surface area (Å²) in [5.41, 5.74) is 2.55. The van der Waals surface area contributed by atoms with E-state index in [1.165, 1.54) is 11.8 Å². The molecular weight excluding hydrogens is 430 g/mol. The minimum atomic E-state index is -3.63. The van der Waals surface area contributed by atoms with Crippen molar-refractivity contribution in [1.29, 1.82) is 0 Å². The van der Waals surface area contributed by atoms with Crippen molar-refractivity contribution in [2.45, 2.75) is 48.4 Å². The number of nitrogens with one attached hydrogen (secondary N) is 1. The van der Waals surface area contributed by atoms with Gasteiger partial charge in [-0.3, -0.25) is 4.72 Å². The molecule has 0 saturated carbocycles. The molecule has 0 fully saturated rings. The molecule has 160 valence electrons. The first kappa shape index (κ1) is 21.3. The molecule has 0 spiro atoms. The zero-order valence-electron chi connectivity index (χ0n) is 17.5. The van der Waals surface area contributed by atoms with E-state index in [1.54, 1.807) is 28.8 Å². The minimum Gasteiger partial charge on any atom is -0.280 e. The lowest BCUT2D eigenvalue weighted by molar-refractivity contribution is 0.601. The topological polar surface area (TPSA) is 89.2 Å². The second-order valence-electron chi connectivity index (χ2n) is 7.04. The van der Waals surface area contributed by atoms with Gasteiger partial charge < -0.3 is 0 Å². The van der Waals surface area contributed by atoms with E-state index in [9.17, 15) is 8.42 Å². The van der Waals surface area contributed by atoms with Crippen molar-refractivity contribution in [3.63, 3.8) is 0 Å². The SMILES string of the molecule is CCc1ccc(S(=O)(=O)Nc2ccc(Sc3cc(CC)nc4nc(C)nn34)cc2)cc1. The van der Waals surface area contributed by atoms with Crippen LogP contribution in [0.1, 0.15) is 30.9 Å². The molecule has 9 heteroatoms. The molecule has 31 heavy (non-hydrogen) atoms. The Balaban J connectivity index is 1.54. The van der Waals surface area contributed by atoms with Crippen molar-refractivity contribution in [2.75, 3.05) is 4.72 Å². The molecule has 0 unspecified atom stereocenters. The van der Waals surface area contributed by atoms with Crippen molar-refractivity contribution < 1.29 is 8.42 Å². The molecule has 0 aliphatic heterocycles. The fourth-order valence-electron chi connectivity index (χ4n) is 3.07. The summed E-state index contributed by atoms with van der Waals surface area (Å²) in [7, 11) is -3.63. The van der Waals surface area contributed by atoms with Crippen LogP contribution in [0.2, 0.25) is 0 Å². The van der Waals surface area contributed by atoms with Crippen LogP contribution in [0, 0.1) is 6.92 Å². The highest BCUT2D eigenvalue weighted by molar-refractivity contribution is 7.99. The van der Waals surface area contributed by atoms with Gasteiger partial charge in [0, 0.05) is 16.3 Å². The Hall–Kier alpha value is -2.91. The van der Waals surface area contributed by atoms with Gasteiger partial charge in [-0.1, -0.05) is 37.7 Å². The van der Waals surface area contributed by atoms with Gasteiger partial charge in [-0.2, -0.15) is 9.50 Å². The second kappa shape index (κ2) is 8.68. The zero-order valence-corrected chi connectivity index (χ0v) is 19.2. The summed E-state index contributed by atoms with van der Waals surface area (Å²) in [6, 6.07) is 16.2. The van der Waals surface area contributed by atoms with Gasteiger partial charge in [0.1, 0.15) is 10.9 Å². The van der Waals surface area contributed by atoms with Crippen LogP contribution in [0.15, 0.2) is 69.4 Å². The molecule has 0 aliphatic carbocycles. The average molecular weight is 454 g/mol. The molecule has 7 nitrogen and oxygen atoms in total. The standard InChI is InChI=1S/C22H23N5O2S2/c1-4-16-6-12-20(13-7-16)31(28,29)26-18-8-10-19(11-9-18)30-21-14-17(5-2)24-22-23-15(3)25-27(21)22/h6-14,26H,4-5H2,1-3H3. The van der Waals surface area contributed by atoms with E-state index in [1.807, 2.05) is 51.1 Å². The highest BCUT2D eigenvalue weighted by atomic mass is 32.2. The summed E-state index contributed by atoms with van der Waals surface area (Å²) < 4.78 is 29.7. The van der Waals surface area contributed by atoms with Crippen LogP contribution >= 0.6 is 11.8 Å². The van der Waals surface area contributed by atoms with Crippen LogP contribution in [-0.2, 0) is 22.9 Å². The summed E-state index contributed by atoms with van der Waals surface area (Å²) in [5.74, 6) is 1.25. The van der Waals surface area contributed by atoms with E-state index in [0.717, 1.165) is 34.0 Å². The lowest BCUT2D eigenvalue weighted by Crippen LogP contribution is -2.12. The molecule has 0 saturated heterocycles. The highest BCUT2D eigenvalue weighted by Crippen LogP contribution is 2.29. The van der Waals surface area contributed by atoms with Crippen LogP contribution in [-0.4, -0.2) is 28.0 Å². The molecule has 0 amide bonds. The molecule has 4 aromatic rings. The molecule has 0 bridgehead atoms. The maximum atomic E-state index is 12.7. The van der Waals surface area contributed by atoms with Crippen LogP contribution in [0.25, 0.3) is 5.78 Å². The van der Waals surface area contributed by atoms with Crippen LogP contribution < -0.4 is 4.72 Å². The van der Waals surface area contributed by atoms with E-state index in [0.29, 0.717) is 17.3 Å². The van der Waals surface area contributed by atoms with Gasteiger partial charge in [0.25, 0.3) is 15.8 Å². The normalized spacial score (nSPS) is 11.7. The number of anilines is 1. The molecule has 2 heterocycles. The highest BCUT2D eigenvalue weighted by Gasteiger charge is 2.15. The number of nitrogens with zero attached hydrogens (tertiary/aromatic N) is 4. The molecule has 2 aromatic heterocycles. The van der Waals surface area contributed by atoms with E-state index in [-0.39, 0.29) is 4.90 Å². The molecule has 1 N–H and O–H groups in total. The average Bonchev–Trinajstić information content (AvgIpc) is 3.15. The third-order valence-corrected chi connectivity index (χ3v) is 7.18. The van der Waals surface area contributed by atoms with Crippen molar-refractivity contribution in [2.24, 2.45) is 0 Å². The van der Waals surface area contributed by atoms with E-state index in [4.69, 9.17) is 0 Å². The fourth-order valence-corrected chi connectivity index (χ4v) is 5.05. The first-order valence-corrected chi connectivity index (χ1v) is 12.3. The maximum Gasteiger partial charge on any atom is 0.261 e. The lowest BCUT2D eigenvalue weighted by Gasteiger charge is -2.10. The first-order valence-electron chi connectivity index (χ1n) is 10.0. The molecule has 2 aromatic carbocycles. The Morgan fingerprint density at radius 1 is 0.968 bits per heavy atom. The number of aryl methyl sites for hydroxylation is 3. The van der Waals surface area contributed by atoms with Gasteiger partial charge >= 0.3 is 0 Å². The number of rotatable bonds is 7. The zero-order chi connectivity index (χ0) is 22.0. The van der Waals surface area contributed by atoms with Crippen LogP contribution in [0.5, 0.6) is 0 Å². The van der Waals surface area contributed by atoms with Gasteiger partial charge in [-0.25, -0.2) is 13.4 Å². The van der Waals surface area contributed by atoms with Gasteiger partial charge in [-0.05, 0) is 67.8 Å². The lowest BCUT2D eigenvalue weighted by atomic mass is 10.2. The number of hydrogen-bond donors (Lipinski definition) is 1. The van der Waals surface area contributed by atoms with Crippen molar-refractivity contribution in [3.8, 4) is 0 Å². The smallest absolute Gasteiger partial charge is 0.261 e. The summed E-state index contributed by atoms with van der Waals surface area (Å²) in [5, 5.41) is 5.34. The molecule has 4 rings (SSSR count). The van der Waals surface area contributed by atoms with Gasteiger partial charge in [0.05, 0.1) is 4.90 Å². The summed E-state index contributed by atoms with van der Waals surface area (Å²) in [6.45, 7) is 5.92. The van der Waals surface area contributed by atoms with Crippen molar-refractivity contribution >= 4 is 33.3 Å². The van der Waals surface area contributed by atoms with E-state index < -0.39 is 10.0 Å². The summed E-state index contributed by atoms with van der Waals surface area (Å²) >= 11 is 1.53. The quantitative estimate of drug-likeness (QED) is 0.414. The minimum absolute atomic E-state index is 0.246. The molecule has 0 atom stereocenters. The summed E-state index contributed by atoms with van der Waals surface area (Å²) in [4.78, 5) is 10.1. The van der Waals surface area contributed by atoms with Gasteiger partial charge in [0.2, 0.25) is 0 Å². The Morgan fingerprint density at radius 3 is 2.32 bits per heavy atom. The van der Waals surface area contributed by atoms with Crippen LogP contribution in [0.4, 0.5) is 5.69 Å². The van der Waals surface area contributed by atoms with Crippen molar-refractivity contribution in [1.82, 2.24) is 19.6 Å². The fraction of sp³-hybridized carbons (Fsp3) is 0.227. The molecular formula is C22H23N5O2S2. The first-order chi connectivity index (χ1) is 14.9. The molecule has 0 aliphatic rings. The summed E-state index contributed by atoms with van der Waals surface area (Å²) in [6.07, 6.45) is 1.67. The van der Waals surface area contributed by atoms with E-state index in [2.05, 4.69) is 19.8 Å². The van der Waals surface area contributed by atoms with Crippen molar-refractivity contribution in [3.05, 3.63) is 71.7 Å². The number of hydrogen-bond acceptors (Lipinski definition) is 6. The van der Waals surface area contributed by atoms with Gasteiger partial charge in [0.15, 0.2) is 0 Å². The number of fused-ring (bicyclic) bond motifs is 1. The maximum absolute atomic E-state index is 12.7. The number of benzene rings is 2. The monoisotopic (exact) mass is 453 g/mol. The third kappa shape index (κ3) is 4.72. The van der Waals surface area contributed by atoms with Crippen LogP contribution in [0.3, 0.4) is 0 Å². The Morgan fingerprint density at radius 2 is 1.68 bits per heavy atom. The number of sulfonamides is 1. The largest absolute Gasteiger partial charge is 0.280 e. The van der Waals surface area contributed by atoms with E-state index >= 15 is 0 Å². The number of aromatic nitrogens is 4. The predicted molar refractivity (Wildman–Crippen MR) is 122 cm³/mol. The molecule has 0 radical (unpaired) electrons. The Bertz CT molecular complexity index is 1310.